The molecule has 292 valence electrons. The molecule has 0 bridgehead atoms. The van der Waals surface area contributed by atoms with Crippen LogP contribution in [0.3, 0.4) is 0 Å². The Balaban J connectivity index is 0.783. The minimum atomic E-state index is -0.979. The molecule has 6 rings (SSSR count). The molecule has 3 aliphatic rings. The number of carbonyl (C=O) groups excluding carboxylic acids is 5. The molecule has 0 spiro atoms. The van der Waals surface area contributed by atoms with Crippen molar-refractivity contribution < 1.29 is 29.1 Å². The van der Waals surface area contributed by atoms with Gasteiger partial charge in [0, 0.05) is 69.9 Å². The highest BCUT2D eigenvalue weighted by atomic mass is 16.3. The Bertz CT molecular complexity index is 1880. The van der Waals surface area contributed by atoms with Crippen molar-refractivity contribution in [3.63, 3.8) is 0 Å². The number of nitrogen functional groups attached to an aromatic ring is 1. The highest BCUT2D eigenvalue weighted by Crippen LogP contribution is 2.33. The van der Waals surface area contributed by atoms with E-state index < -0.39 is 29.7 Å². The molecule has 3 aliphatic heterocycles. The van der Waals surface area contributed by atoms with E-state index in [0.29, 0.717) is 42.3 Å². The van der Waals surface area contributed by atoms with Crippen LogP contribution in [0.15, 0.2) is 48.5 Å². The van der Waals surface area contributed by atoms with Crippen LogP contribution in [0, 0.1) is 0 Å². The number of carbonyl (C=O) groups is 5. The lowest BCUT2D eigenvalue weighted by molar-refractivity contribution is -0.136. The van der Waals surface area contributed by atoms with E-state index in [1.165, 1.54) is 0 Å². The molecule has 3 aromatic rings. The number of piperidine rings is 1. The first-order valence-corrected chi connectivity index (χ1v) is 19.5. The Labute approximate surface area is 321 Å². The zero-order valence-electron chi connectivity index (χ0n) is 31.2. The average molecular weight is 754 g/mol. The predicted octanol–water partition coefficient (Wildman–Crippen LogP) is 3.69. The van der Waals surface area contributed by atoms with E-state index in [-0.39, 0.29) is 35.6 Å². The third-order valence-electron chi connectivity index (χ3n) is 10.6. The number of nitrogens with two attached hydrogens (primary N) is 1. The lowest BCUT2D eigenvalue weighted by atomic mass is 10.0. The quantitative estimate of drug-likeness (QED) is 0.0933. The molecule has 2 aromatic carbocycles. The second-order valence-electron chi connectivity index (χ2n) is 14.4. The predicted molar refractivity (Wildman–Crippen MR) is 208 cm³/mol. The van der Waals surface area contributed by atoms with Crippen LogP contribution in [-0.4, -0.2) is 106 Å². The largest absolute Gasteiger partial charge is 0.507 e. The summed E-state index contributed by atoms with van der Waals surface area (Å²) in [7, 11) is 0. The van der Waals surface area contributed by atoms with Gasteiger partial charge in [-0.05, 0) is 49.6 Å². The third-order valence-corrected chi connectivity index (χ3v) is 10.6. The first-order chi connectivity index (χ1) is 26.7. The van der Waals surface area contributed by atoms with Gasteiger partial charge in [-0.1, -0.05) is 56.7 Å². The SMILES string of the molecule is Nc1nnc(-c2ccccc2O)cc1N1CCN(CCNC(=O)CCCCCCCCCCNc2cccc3c2C(=O)N(C2CCC(=O)NC2=O)C3=O)CC1. The molecular formula is C40H51N9O6. The Morgan fingerprint density at radius 2 is 1.55 bits per heavy atom. The van der Waals surface area contributed by atoms with Crippen molar-refractivity contribution in [2.24, 2.45) is 0 Å². The van der Waals surface area contributed by atoms with E-state index in [1.807, 2.05) is 12.1 Å². The fourth-order valence-corrected chi connectivity index (χ4v) is 7.48. The van der Waals surface area contributed by atoms with Crippen molar-refractivity contribution in [1.29, 1.82) is 0 Å². The van der Waals surface area contributed by atoms with Gasteiger partial charge in [-0.25, -0.2) is 0 Å². The van der Waals surface area contributed by atoms with Crippen molar-refractivity contribution in [2.75, 3.05) is 61.8 Å². The zero-order valence-corrected chi connectivity index (χ0v) is 31.2. The van der Waals surface area contributed by atoms with Gasteiger partial charge < -0.3 is 26.4 Å². The summed E-state index contributed by atoms with van der Waals surface area (Å²) in [5, 5.41) is 27.1. The summed E-state index contributed by atoms with van der Waals surface area (Å²) in [6.45, 7) is 5.29. The highest BCUT2D eigenvalue weighted by molar-refractivity contribution is 6.25. The number of rotatable bonds is 18. The summed E-state index contributed by atoms with van der Waals surface area (Å²) in [6.07, 6.45) is 9.03. The topological polar surface area (TPSA) is 203 Å². The summed E-state index contributed by atoms with van der Waals surface area (Å²) >= 11 is 0. The lowest BCUT2D eigenvalue weighted by Crippen LogP contribution is -2.54. The minimum Gasteiger partial charge on any atom is -0.507 e. The van der Waals surface area contributed by atoms with Crippen LogP contribution >= 0.6 is 0 Å². The van der Waals surface area contributed by atoms with Crippen LogP contribution in [0.5, 0.6) is 5.75 Å². The molecule has 1 atom stereocenters. The number of nitrogens with one attached hydrogen (secondary N) is 3. The molecule has 0 saturated carbocycles. The van der Waals surface area contributed by atoms with Gasteiger partial charge in [0.15, 0.2) is 5.82 Å². The first kappa shape index (κ1) is 39.1. The van der Waals surface area contributed by atoms with Gasteiger partial charge in [-0.15, -0.1) is 10.2 Å². The number of fused-ring (bicyclic) bond motifs is 1. The van der Waals surface area contributed by atoms with Crippen molar-refractivity contribution in [2.45, 2.75) is 76.7 Å². The number of unbranched alkanes of at least 4 members (excludes halogenated alkanes) is 7. The molecule has 1 unspecified atom stereocenters. The number of para-hydroxylation sites is 1. The molecule has 2 fully saturated rings. The Morgan fingerprint density at radius 3 is 2.29 bits per heavy atom. The number of piperazine rings is 1. The Hall–Kier alpha value is -5.57. The standard InChI is InChI=1S/C40H51N9O6/c41-37-32(26-30(45-46-37)27-12-8-9-15-33(27)50)48-24-22-47(23-25-48)21-20-43-34(51)16-7-5-3-1-2-4-6-10-19-42-29-14-11-13-28-36(29)40(55)49(39(28)54)31-17-18-35(52)44-38(31)53/h8-9,11-15,26,31,42,50H,1-7,10,16-25H2,(H2,41,46)(H,43,51)(H,44,52,53). The summed E-state index contributed by atoms with van der Waals surface area (Å²) < 4.78 is 0. The van der Waals surface area contributed by atoms with Gasteiger partial charge in [0.1, 0.15) is 11.8 Å². The Kier molecular flexibility index (Phi) is 13.3. The van der Waals surface area contributed by atoms with E-state index in [1.54, 1.807) is 36.4 Å². The normalized spacial score (nSPS) is 17.3. The number of amides is 5. The van der Waals surface area contributed by atoms with Crippen LogP contribution in [0.25, 0.3) is 11.3 Å². The lowest BCUT2D eigenvalue weighted by Gasteiger charge is -2.36. The molecule has 55 heavy (non-hydrogen) atoms. The summed E-state index contributed by atoms with van der Waals surface area (Å²) in [6, 6.07) is 13.0. The maximum atomic E-state index is 13.2. The fourth-order valence-electron chi connectivity index (χ4n) is 7.48. The molecule has 0 aliphatic carbocycles. The number of anilines is 3. The van der Waals surface area contributed by atoms with E-state index in [0.717, 1.165) is 94.7 Å². The Morgan fingerprint density at radius 1 is 0.836 bits per heavy atom. The molecule has 1 aromatic heterocycles. The number of imide groups is 2. The van der Waals surface area contributed by atoms with E-state index in [4.69, 9.17) is 5.73 Å². The maximum absolute atomic E-state index is 13.2. The number of hydrogen-bond donors (Lipinski definition) is 5. The van der Waals surface area contributed by atoms with E-state index in [2.05, 4.69) is 35.9 Å². The third kappa shape index (κ3) is 9.76. The zero-order chi connectivity index (χ0) is 38.7. The number of benzene rings is 2. The van der Waals surface area contributed by atoms with Crippen molar-refractivity contribution >= 4 is 46.7 Å². The summed E-state index contributed by atoms with van der Waals surface area (Å²) in [4.78, 5) is 68.1. The number of phenols is 1. The van der Waals surface area contributed by atoms with Crippen LogP contribution in [-0.2, 0) is 14.4 Å². The number of aromatic hydroxyl groups is 1. The van der Waals surface area contributed by atoms with E-state index in [9.17, 15) is 29.1 Å². The average Bonchev–Trinajstić information content (AvgIpc) is 3.43. The minimum absolute atomic E-state index is 0.0872. The molecule has 15 nitrogen and oxygen atoms in total. The highest BCUT2D eigenvalue weighted by Gasteiger charge is 2.45. The van der Waals surface area contributed by atoms with Crippen molar-refractivity contribution in [1.82, 2.24) is 30.6 Å². The smallest absolute Gasteiger partial charge is 0.264 e. The van der Waals surface area contributed by atoms with Gasteiger partial charge >= 0.3 is 0 Å². The molecule has 0 radical (unpaired) electrons. The summed E-state index contributed by atoms with van der Waals surface area (Å²) in [5.41, 5.74) is 9.31. The number of hydrogen-bond acceptors (Lipinski definition) is 12. The first-order valence-electron chi connectivity index (χ1n) is 19.5. The fraction of sp³-hybridized carbons (Fsp3) is 0.475. The van der Waals surface area contributed by atoms with Crippen LogP contribution in [0.2, 0.25) is 0 Å². The molecule has 5 amide bonds. The summed E-state index contributed by atoms with van der Waals surface area (Å²) in [5.74, 6) is -1.42. The van der Waals surface area contributed by atoms with E-state index >= 15 is 0 Å². The second-order valence-corrected chi connectivity index (χ2v) is 14.4. The van der Waals surface area contributed by atoms with Gasteiger partial charge in [-0.3, -0.25) is 39.1 Å². The van der Waals surface area contributed by atoms with Crippen LogP contribution < -0.4 is 26.6 Å². The van der Waals surface area contributed by atoms with Gasteiger partial charge in [0.25, 0.3) is 11.8 Å². The number of nitrogens with zero attached hydrogens (tertiary/aromatic N) is 5. The van der Waals surface area contributed by atoms with Gasteiger partial charge in [0.05, 0.1) is 22.5 Å². The van der Waals surface area contributed by atoms with Gasteiger partial charge in [-0.2, -0.15) is 0 Å². The molecule has 15 heteroatoms. The van der Waals surface area contributed by atoms with Crippen LogP contribution in [0.4, 0.5) is 17.2 Å². The van der Waals surface area contributed by atoms with Crippen LogP contribution in [0.1, 0.15) is 91.3 Å². The maximum Gasteiger partial charge on any atom is 0.264 e. The second kappa shape index (κ2) is 18.7. The molecule has 2 saturated heterocycles. The van der Waals surface area contributed by atoms with Crippen molar-refractivity contribution in [3.05, 3.63) is 59.7 Å². The molecule has 6 N–H and O–H groups in total. The number of phenolic OH excluding ortho intramolecular Hbond substituents is 1. The monoisotopic (exact) mass is 753 g/mol. The molecular weight excluding hydrogens is 702 g/mol. The molecule has 4 heterocycles. The number of aromatic nitrogens is 2. The van der Waals surface area contributed by atoms with Crippen molar-refractivity contribution in [3.8, 4) is 17.0 Å². The van der Waals surface area contributed by atoms with Gasteiger partial charge in [0.2, 0.25) is 17.7 Å².